The number of nitrogens with zero attached hydrogens (tertiary/aromatic N) is 1. The quantitative estimate of drug-likeness (QED) is 0.921. The van der Waals surface area contributed by atoms with Gasteiger partial charge in [0.1, 0.15) is 0 Å². The zero-order valence-corrected chi connectivity index (χ0v) is 14.5. The van der Waals surface area contributed by atoms with Gasteiger partial charge in [0.15, 0.2) is 0 Å². The van der Waals surface area contributed by atoms with Gasteiger partial charge in [0, 0.05) is 18.2 Å². The molecule has 3 rings (SSSR count). The summed E-state index contributed by atoms with van der Waals surface area (Å²) >= 11 is 0. The van der Waals surface area contributed by atoms with Gasteiger partial charge >= 0.3 is 0 Å². The molecule has 1 aliphatic heterocycles. The van der Waals surface area contributed by atoms with E-state index in [1.165, 1.54) is 29.8 Å². The minimum Gasteiger partial charge on any atom is -0.349 e. The molecule has 1 aliphatic carbocycles. The van der Waals surface area contributed by atoms with Crippen LogP contribution < -0.4 is 9.62 Å². The van der Waals surface area contributed by atoms with E-state index in [0.717, 1.165) is 12.0 Å². The van der Waals surface area contributed by atoms with Crippen LogP contribution in [0.25, 0.3) is 0 Å². The fraction of sp³-hybridized carbons (Fsp3) is 0.588. The number of hydrogen-bond donors (Lipinski definition) is 1. The van der Waals surface area contributed by atoms with E-state index in [1.807, 2.05) is 6.07 Å². The van der Waals surface area contributed by atoms with Gasteiger partial charge in [-0.1, -0.05) is 19.8 Å². The molecule has 0 unspecified atom stereocenters. The van der Waals surface area contributed by atoms with Crippen LogP contribution in [0, 0.1) is 5.92 Å². The number of anilines is 1. The predicted molar refractivity (Wildman–Crippen MR) is 91.2 cm³/mol. The third kappa shape index (κ3) is 3.37. The van der Waals surface area contributed by atoms with Crippen molar-refractivity contribution in [2.75, 3.05) is 17.1 Å². The zero-order valence-electron chi connectivity index (χ0n) is 13.7. The second-order valence-electron chi connectivity index (χ2n) is 6.77. The molecule has 6 heteroatoms. The average molecular weight is 336 g/mol. The molecule has 126 valence electrons. The number of carbonyl (C=O) groups is 1. The fourth-order valence-corrected chi connectivity index (χ4v) is 4.60. The van der Waals surface area contributed by atoms with Crippen molar-refractivity contribution in [1.29, 1.82) is 0 Å². The fourth-order valence-electron chi connectivity index (χ4n) is 3.64. The maximum atomic E-state index is 12.5. The molecule has 2 aliphatic rings. The van der Waals surface area contributed by atoms with E-state index >= 15 is 0 Å². The van der Waals surface area contributed by atoms with E-state index in [4.69, 9.17) is 0 Å². The molecule has 0 spiro atoms. The van der Waals surface area contributed by atoms with Crippen LogP contribution in [-0.4, -0.2) is 33.2 Å². The number of hydrogen-bond acceptors (Lipinski definition) is 3. The Labute approximate surface area is 138 Å². The Bertz CT molecular complexity index is 715. The number of carbonyl (C=O) groups excluding carboxylic acids is 1. The molecule has 0 bridgehead atoms. The average Bonchev–Trinajstić information content (AvgIpc) is 2.92. The number of rotatable bonds is 3. The van der Waals surface area contributed by atoms with E-state index in [-0.39, 0.29) is 11.9 Å². The zero-order chi connectivity index (χ0) is 16.6. The Morgan fingerprint density at radius 2 is 2.00 bits per heavy atom. The smallest absolute Gasteiger partial charge is 0.251 e. The molecular weight excluding hydrogens is 312 g/mol. The van der Waals surface area contributed by atoms with Gasteiger partial charge in [-0.05, 0) is 48.9 Å². The summed E-state index contributed by atoms with van der Waals surface area (Å²) in [6.07, 6.45) is 6.49. The van der Waals surface area contributed by atoms with Gasteiger partial charge in [0.05, 0.1) is 11.9 Å². The first-order valence-corrected chi connectivity index (χ1v) is 10.1. The minimum atomic E-state index is -3.25. The molecule has 1 fully saturated rings. The van der Waals surface area contributed by atoms with E-state index in [0.29, 0.717) is 30.1 Å². The Morgan fingerprint density at radius 1 is 1.26 bits per heavy atom. The SMILES string of the molecule is C[C@@H]1CCCC[C@H]1NC(=O)c1ccc2c(c1)CCN2S(C)(=O)=O. The maximum Gasteiger partial charge on any atom is 0.251 e. The summed E-state index contributed by atoms with van der Waals surface area (Å²) in [6, 6.07) is 5.56. The van der Waals surface area contributed by atoms with Crippen molar-refractivity contribution in [3.63, 3.8) is 0 Å². The molecule has 0 radical (unpaired) electrons. The monoisotopic (exact) mass is 336 g/mol. The van der Waals surface area contributed by atoms with Crippen molar-refractivity contribution in [2.45, 2.75) is 45.1 Å². The highest BCUT2D eigenvalue weighted by Crippen LogP contribution is 2.31. The highest BCUT2D eigenvalue weighted by molar-refractivity contribution is 7.92. The van der Waals surface area contributed by atoms with Gasteiger partial charge in [-0.3, -0.25) is 9.10 Å². The van der Waals surface area contributed by atoms with Crippen molar-refractivity contribution >= 4 is 21.6 Å². The van der Waals surface area contributed by atoms with Crippen LogP contribution >= 0.6 is 0 Å². The van der Waals surface area contributed by atoms with Gasteiger partial charge in [-0.15, -0.1) is 0 Å². The predicted octanol–water partition coefficient (Wildman–Crippen LogP) is 2.32. The van der Waals surface area contributed by atoms with Crippen LogP contribution in [-0.2, 0) is 16.4 Å². The number of benzene rings is 1. The molecule has 2 atom stereocenters. The van der Waals surface area contributed by atoms with Crippen molar-refractivity contribution in [2.24, 2.45) is 5.92 Å². The Morgan fingerprint density at radius 3 is 2.70 bits per heavy atom. The maximum absolute atomic E-state index is 12.5. The second kappa shape index (κ2) is 6.15. The largest absolute Gasteiger partial charge is 0.349 e. The molecule has 0 saturated heterocycles. The van der Waals surface area contributed by atoms with Crippen LogP contribution in [0.2, 0.25) is 0 Å². The molecular formula is C17H24N2O3S. The minimum absolute atomic E-state index is 0.0515. The van der Waals surface area contributed by atoms with Crippen LogP contribution in [0.15, 0.2) is 18.2 Å². The van der Waals surface area contributed by atoms with Gasteiger partial charge in [-0.2, -0.15) is 0 Å². The summed E-state index contributed by atoms with van der Waals surface area (Å²) in [6.45, 7) is 2.65. The van der Waals surface area contributed by atoms with Crippen LogP contribution in [0.5, 0.6) is 0 Å². The molecule has 5 nitrogen and oxygen atoms in total. The number of amides is 1. The molecule has 1 amide bonds. The van der Waals surface area contributed by atoms with E-state index in [1.54, 1.807) is 12.1 Å². The molecule has 1 aromatic carbocycles. The summed E-state index contributed by atoms with van der Waals surface area (Å²) in [4.78, 5) is 12.5. The van der Waals surface area contributed by atoms with Crippen LogP contribution in [0.1, 0.15) is 48.5 Å². The van der Waals surface area contributed by atoms with Crippen molar-refractivity contribution in [3.8, 4) is 0 Å². The molecule has 1 N–H and O–H groups in total. The number of nitrogens with one attached hydrogen (secondary N) is 1. The van der Waals surface area contributed by atoms with Gasteiger partial charge in [-0.25, -0.2) is 8.42 Å². The Kier molecular flexibility index (Phi) is 4.36. The molecule has 1 heterocycles. The summed E-state index contributed by atoms with van der Waals surface area (Å²) in [5.74, 6) is 0.465. The van der Waals surface area contributed by atoms with Gasteiger partial charge in [0.25, 0.3) is 5.91 Å². The molecule has 1 saturated carbocycles. The molecule has 1 aromatic rings. The van der Waals surface area contributed by atoms with Crippen molar-refractivity contribution in [3.05, 3.63) is 29.3 Å². The summed E-state index contributed by atoms with van der Waals surface area (Å²) in [5.41, 5.74) is 2.26. The van der Waals surface area contributed by atoms with E-state index < -0.39 is 10.0 Å². The van der Waals surface area contributed by atoms with E-state index in [2.05, 4.69) is 12.2 Å². The van der Waals surface area contributed by atoms with Gasteiger partial charge < -0.3 is 5.32 Å². The third-order valence-corrected chi connectivity index (χ3v) is 6.20. The first kappa shape index (κ1) is 16.3. The topological polar surface area (TPSA) is 66.5 Å². The lowest BCUT2D eigenvalue weighted by molar-refractivity contribution is 0.0910. The third-order valence-electron chi connectivity index (χ3n) is 5.02. The van der Waals surface area contributed by atoms with Crippen LogP contribution in [0.3, 0.4) is 0 Å². The van der Waals surface area contributed by atoms with Crippen molar-refractivity contribution in [1.82, 2.24) is 5.32 Å². The Balaban J connectivity index is 1.76. The lowest BCUT2D eigenvalue weighted by Gasteiger charge is -2.29. The van der Waals surface area contributed by atoms with Crippen LogP contribution in [0.4, 0.5) is 5.69 Å². The highest BCUT2D eigenvalue weighted by atomic mass is 32.2. The summed E-state index contributed by atoms with van der Waals surface area (Å²) < 4.78 is 24.9. The number of fused-ring (bicyclic) bond motifs is 1. The molecule has 23 heavy (non-hydrogen) atoms. The first-order valence-electron chi connectivity index (χ1n) is 8.28. The first-order chi connectivity index (χ1) is 10.9. The highest BCUT2D eigenvalue weighted by Gasteiger charge is 2.28. The summed E-state index contributed by atoms with van der Waals surface area (Å²) in [5, 5.41) is 3.15. The van der Waals surface area contributed by atoms with Crippen molar-refractivity contribution < 1.29 is 13.2 Å². The van der Waals surface area contributed by atoms with E-state index in [9.17, 15) is 13.2 Å². The second-order valence-corrected chi connectivity index (χ2v) is 8.68. The van der Waals surface area contributed by atoms with Gasteiger partial charge in [0.2, 0.25) is 10.0 Å². The number of sulfonamides is 1. The lowest BCUT2D eigenvalue weighted by atomic mass is 9.86. The summed E-state index contributed by atoms with van der Waals surface area (Å²) in [7, 11) is -3.25. The molecule has 0 aromatic heterocycles. The Hall–Kier alpha value is -1.56. The normalized spacial score (nSPS) is 24.3. The lowest BCUT2D eigenvalue weighted by Crippen LogP contribution is -2.41. The standard InChI is InChI=1S/C17H24N2O3S/c1-12-5-3-4-6-15(12)18-17(20)14-7-8-16-13(11-14)9-10-19(16)23(2,21)22/h7-8,11-12,15H,3-6,9-10H2,1-2H3,(H,18,20)/t12-,15-/m1/s1.